The zero-order valence-corrected chi connectivity index (χ0v) is 20.4. The summed E-state index contributed by atoms with van der Waals surface area (Å²) in [6.45, 7) is 5.89. The molecule has 0 spiro atoms. The highest BCUT2D eigenvalue weighted by Gasteiger charge is 2.23. The van der Waals surface area contributed by atoms with Gasteiger partial charge >= 0.3 is 0 Å². The molecule has 1 amide bonds. The number of hydrogen-bond donors (Lipinski definition) is 0. The maximum Gasteiger partial charge on any atom is 0.263 e. The lowest BCUT2D eigenvalue weighted by Crippen LogP contribution is -2.30. The van der Waals surface area contributed by atoms with Crippen molar-refractivity contribution >= 4 is 39.2 Å². The molecule has 2 aromatic heterocycles. The lowest BCUT2D eigenvalue weighted by Gasteiger charge is -2.19. The third kappa shape index (κ3) is 4.92. The highest BCUT2D eigenvalue weighted by atomic mass is 32.2. The topological polar surface area (TPSA) is 64.4 Å². The Balaban J connectivity index is 1.58. The van der Waals surface area contributed by atoms with E-state index >= 15 is 0 Å². The van der Waals surface area contributed by atoms with E-state index in [2.05, 4.69) is 6.92 Å². The molecule has 1 aliphatic rings. The van der Waals surface area contributed by atoms with E-state index in [0.29, 0.717) is 18.2 Å². The minimum atomic E-state index is -0.0145. The Labute approximate surface area is 196 Å². The minimum absolute atomic E-state index is 0.00785. The van der Waals surface area contributed by atoms with Crippen LogP contribution >= 0.6 is 23.1 Å². The van der Waals surface area contributed by atoms with E-state index in [4.69, 9.17) is 9.72 Å². The van der Waals surface area contributed by atoms with Gasteiger partial charge in [-0.2, -0.15) is 0 Å². The fraction of sp³-hybridized carbons (Fsp3) is 0.458. The molecular formula is C24H29N3O3S2. The van der Waals surface area contributed by atoms with Crippen LogP contribution in [0.4, 0.5) is 0 Å². The summed E-state index contributed by atoms with van der Waals surface area (Å²) in [5, 5.41) is 1.33. The standard InChI is InChI=1S/C24H29N3O3S2/c1-4-19-16(2)32-22-21(19)23(29)27(14-18-11-8-12-30-18)24(25-22)31-15-20(28)26(3)13-17-9-6-5-7-10-17/h5-7,9-10,18H,4,8,11-15H2,1-3H3. The van der Waals surface area contributed by atoms with Crippen LogP contribution in [0.1, 0.15) is 35.8 Å². The van der Waals surface area contributed by atoms with Crippen LogP contribution in [0.5, 0.6) is 0 Å². The van der Waals surface area contributed by atoms with Gasteiger partial charge in [-0.1, -0.05) is 49.0 Å². The molecular weight excluding hydrogens is 442 g/mol. The Hall–Kier alpha value is -2.16. The summed E-state index contributed by atoms with van der Waals surface area (Å²) in [7, 11) is 1.81. The number of hydrogen-bond acceptors (Lipinski definition) is 6. The van der Waals surface area contributed by atoms with Gasteiger partial charge in [-0.15, -0.1) is 11.3 Å². The number of carbonyl (C=O) groups is 1. The van der Waals surface area contributed by atoms with E-state index in [9.17, 15) is 9.59 Å². The Morgan fingerprint density at radius 2 is 2.12 bits per heavy atom. The molecule has 1 unspecified atom stereocenters. The number of carbonyl (C=O) groups excluding carboxylic acids is 1. The third-order valence-corrected chi connectivity index (χ3v) is 7.86. The van der Waals surface area contributed by atoms with Crippen LogP contribution in [-0.4, -0.2) is 45.9 Å². The number of benzene rings is 1. The van der Waals surface area contributed by atoms with Crippen LogP contribution in [0.15, 0.2) is 40.3 Å². The predicted octanol–water partition coefficient (Wildman–Crippen LogP) is 4.26. The molecule has 0 bridgehead atoms. The van der Waals surface area contributed by atoms with Crippen LogP contribution in [0.25, 0.3) is 10.2 Å². The van der Waals surface area contributed by atoms with Gasteiger partial charge in [0.15, 0.2) is 5.16 Å². The maximum absolute atomic E-state index is 13.5. The van der Waals surface area contributed by atoms with Crippen molar-refractivity contribution in [1.82, 2.24) is 14.5 Å². The van der Waals surface area contributed by atoms with Crippen LogP contribution in [-0.2, 0) is 29.0 Å². The largest absolute Gasteiger partial charge is 0.376 e. The fourth-order valence-electron chi connectivity index (χ4n) is 4.10. The lowest BCUT2D eigenvalue weighted by molar-refractivity contribution is -0.127. The molecule has 1 aromatic carbocycles. The number of amides is 1. The van der Waals surface area contributed by atoms with Crippen LogP contribution < -0.4 is 5.56 Å². The molecule has 0 saturated carbocycles. The first kappa shape index (κ1) is 23.0. The van der Waals surface area contributed by atoms with Gasteiger partial charge in [0.2, 0.25) is 5.91 Å². The molecule has 1 saturated heterocycles. The summed E-state index contributed by atoms with van der Waals surface area (Å²) < 4.78 is 7.54. The first-order valence-electron chi connectivity index (χ1n) is 11.0. The average Bonchev–Trinajstić information content (AvgIpc) is 3.41. The fourth-order valence-corrected chi connectivity index (χ4v) is 6.21. The predicted molar refractivity (Wildman–Crippen MR) is 131 cm³/mol. The van der Waals surface area contributed by atoms with Crippen molar-refractivity contribution in [2.45, 2.75) is 57.5 Å². The highest BCUT2D eigenvalue weighted by molar-refractivity contribution is 7.99. The van der Waals surface area contributed by atoms with Gasteiger partial charge in [-0.3, -0.25) is 14.2 Å². The highest BCUT2D eigenvalue weighted by Crippen LogP contribution is 2.30. The number of aromatic nitrogens is 2. The van der Waals surface area contributed by atoms with Gasteiger partial charge in [0.05, 0.1) is 23.8 Å². The van der Waals surface area contributed by atoms with Crippen LogP contribution in [0.3, 0.4) is 0 Å². The van der Waals surface area contributed by atoms with Crippen molar-refractivity contribution in [1.29, 1.82) is 0 Å². The molecule has 0 radical (unpaired) electrons. The summed E-state index contributed by atoms with van der Waals surface area (Å²) in [5.41, 5.74) is 2.16. The smallest absolute Gasteiger partial charge is 0.263 e. The molecule has 3 heterocycles. The molecule has 1 aliphatic heterocycles. The molecule has 1 atom stereocenters. The molecule has 6 nitrogen and oxygen atoms in total. The van der Waals surface area contributed by atoms with Crippen molar-refractivity contribution in [3.05, 3.63) is 56.7 Å². The summed E-state index contributed by atoms with van der Waals surface area (Å²) in [6.07, 6.45) is 2.78. The van der Waals surface area contributed by atoms with Crippen molar-refractivity contribution in [3.8, 4) is 0 Å². The van der Waals surface area contributed by atoms with E-state index in [1.807, 2.05) is 44.3 Å². The van der Waals surface area contributed by atoms with Crippen LogP contribution in [0.2, 0.25) is 0 Å². The second kappa shape index (κ2) is 10.2. The molecule has 170 valence electrons. The number of nitrogens with zero attached hydrogens (tertiary/aromatic N) is 3. The summed E-state index contributed by atoms with van der Waals surface area (Å²) >= 11 is 2.90. The molecule has 1 fully saturated rings. The number of rotatable bonds is 8. The van der Waals surface area contributed by atoms with Crippen molar-refractivity contribution in [3.63, 3.8) is 0 Å². The molecule has 8 heteroatoms. The average molecular weight is 472 g/mol. The molecule has 0 N–H and O–H groups in total. The second-order valence-corrected chi connectivity index (χ2v) is 10.3. The van der Waals surface area contributed by atoms with Crippen molar-refractivity contribution in [2.75, 3.05) is 19.4 Å². The first-order valence-corrected chi connectivity index (χ1v) is 12.8. The number of fused-ring (bicyclic) bond motifs is 1. The normalized spacial score (nSPS) is 16.0. The van der Waals surface area contributed by atoms with Gasteiger partial charge in [0.1, 0.15) is 4.83 Å². The third-order valence-electron chi connectivity index (χ3n) is 5.85. The zero-order chi connectivity index (χ0) is 22.7. The Kier molecular flexibility index (Phi) is 7.33. The first-order chi connectivity index (χ1) is 15.5. The van der Waals surface area contributed by atoms with E-state index in [-0.39, 0.29) is 23.3 Å². The number of aryl methyl sites for hydroxylation is 2. The number of thiophene rings is 1. The van der Waals surface area contributed by atoms with E-state index in [1.165, 1.54) is 11.8 Å². The van der Waals surface area contributed by atoms with Gasteiger partial charge < -0.3 is 9.64 Å². The molecule has 4 rings (SSSR count). The summed E-state index contributed by atoms with van der Waals surface area (Å²) in [5.74, 6) is 0.242. The van der Waals surface area contributed by atoms with Crippen LogP contribution in [0, 0.1) is 6.92 Å². The maximum atomic E-state index is 13.5. The Morgan fingerprint density at radius 3 is 2.81 bits per heavy atom. The second-order valence-electron chi connectivity index (χ2n) is 8.14. The monoisotopic (exact) mass is 471 g/mol. The SMILES string of the molecule is CCc1c(C)sc2nc(SCC(=O)N(C)Cc3ccccc3)n(CC3CCCO3)c(=O)c12. The molecule has 3 aromatic rings. The van der Waals surface area contributed by atoms with Crippen molar-refractivity contribution < 1.29 is 9.53 Å². The lowest BCUT2D eigenvalue weighted by atomic mass is 10.1. The Morgan fingerprint density at radius 1 is 1.34 bits per heavy atom. The van der Waals surface area contributed by atoms with Crippen molar-refractivity contribution in [2.24, 2.45) is 0 Å². The van der Waals surface area contributed by atoms with Gasteiger partial charge in [-0.05, 0) is 37.3 Å². The minimum Gasteiger partial charge on any atom is -0.376 e. The Bertz CT molecular complexity index is 1150. The quantitative estimate of drug-likeness (QED) is 0.363. The zero-order valence-electron chi connectivity index (χ0n) is 18.8. The summed E-state index contributed by atoms with van der Waals surface area (Å²) in [6, 6.07) is 9.93. The van der Waals surface area contributed by atoms with E-state index < -0.39 is 0 Å². The van der Waals surface area contributed by atoms with E-state index in [0.717, 1.165) is 52.1 Å². The number of thioether (sulfide) groups is 1. The van der Waals surface area contributed by atoms with Gasteiger partial charge in [0, 0.05) is 25.1 Å². The molecule has 32 heavy (non-hydrogen) atoms. The number of ether oxygens (including phenoxy) is 1. The molecule has 0 aliphatic carbocycles. The van der Waals surface area contributed by atoms with Gasteiger partial charge in [-0.25, -0.2) is 4.98 Å². The van der Waals surface area contributed by atoms with E-state index in [1.54, 1.807) is 20.8 Å². The summed E-state index contributed by atoms with van der Waals surface area (Å²) in [4.78, 5) is 34.8. The van der Waals surface area contributed by atoms with Gasteiger partial charge in [0.25, 0.3) is 5.56 Å².